The van der Waals surface area contributed by atoms with Crippen molar-refractivity contribution in [2.45, 2.75) is 13.0 Å². The molecule has 0 saturated heterocycles. The van der Waals surface area contributed by atoms with E-state index in [-0.39, 0.29) is 5.82 Å². The molecule has 1 aromatic carbocycles. The second-order valence-corrected chi connectivity index (χ2v) is 2.98. The second kappa shape index (κ2) is 5.70. The van der Waals surface area contributed by atoms with Gasteiger partial charge in [0.1, 0.15) is 5.82 Å². The van der Waals surface area contributed by atoms with Crippen LogP contribution in [0.15, 0.2) is 18.2 Å². The van der Waals surface area contributed by atoms with Crippen LogP contribution in [0.2, 0.25) is 0 Å². The van der Waals surface area contributed by atoms with E-state index in [4.69, 9.17) is 10.6 Å². The number of benzene rings is 1. The standard InChI is InChI=1S/C10H14FNO2/c1-13-7-8-2-3-9(4-5-14-12)10(11)6-8/h2-3,6H,4-5,7,12H2,1H3. The van der Waals surface area contributed by atoms with E-state index in [1.54, 1.807) is 13.2 Å². The van der Waals surface area contributed by atoms with E-state index in [0.29, 0.717) is 25.2 Å². The Bertz CT molecular complexity index is 291. The lowest BCUT2D eigenvalue weighted by atomic mass is 10.1. The lowest BCUT2D eigenvalue weighted by Gasteiger charge is -2.04. The first-order valence-electron chi connectivity index (χ1n) is 4.36. The number of hydrogen-bond acceptors (Lipinski definition) is 3. The molecule has 0 radical (unpaired) electrons. The fourth-order valence-electron chi connectivity index (χ4n) is 1.22. The molecule has 1 aromatic rings. The van der Waals surface area contributed by atoms with Gasteiger partial charge >= 0.3 is 0 Å². The van der Waals surface area contributed by atoms with E-state index in [0.717, 1.165) is 5.56 Å². The summed E-state index contributed by atoms with van der Waals surface area (Å²) in [7, 11) is 1.58. The lowest BCUT2D eigenvalue weighted by Crippen LogP contribution is -2.05. The maximum absolute atomic E-state index is 13.3. The van der Waals surface area contributed by atoms with Gasteiger partial charge in [-0.25, -0.2) is 10.3 Å². The molecule has 3 nitrogen and oxygen atoms in total. The molecule has 14 heavy (non-hydrogen) atoms. The molecule has 0 saturated carbocycles. The molecule has 0 bridgehead atoms. The number of nitrogens with two attached hydrogens (primary N) is 1. The lowest BCUT2D eigenvalue weighted by molar-refractivity contribution is 0.140. The maximum atomic E-state index is 13.3. The molecule has 0 aliphatic carbocycles. The van der Waals surface area contributed by atoms with E-state index >= 15 is 0 Å². The van der Waals surface area contributed by atoms with Crippen molar-refractivity contribution in [2.24, 2.45) is 5.90 Å². The van der Waals surface area contributed by atoms with Crippen molar-refractivity contribution in [1.82, 2.24) is 0 Å². The van der Waals surface area contributed by atoms with E-state index in [1.165, 1.54) is 6.07 Å². The molecule has 0 unspecified atom stereocenters. The maximum Gasteiger partial charge on any atom is 0.126 e. The summed E-state index contributed by atoms with van der Waals surface area (Å²) in [5.74, 6) is 4.62. The van der Waals surface area contributed by atoms with Crippen molar-refractivity contribution in [3.8, 4) is 0 Å². The minimum absolute atomic E-state index is 0.239. The van der Waals surface area contributed by atoms with Gasteiger partial charge in [0.25, 0.3) is 0 Å². The van der Waals surface area contributed by atoms with Crippen LogP contribution in [0.1, 0.15) is 11.1 Å². The molecule has 0 aliphatic heterocycles. The molecule has 2 N–H and O–H groups in total. The average Bonchev–Trinajstić information content (AvgIpc) is 2.17. The Morgan fingerprint density at radius 2 is 2.21 bits per heavy atom. The van der Waals surface area contributed by atoms with Crippen LogP contribution >= 0.6 is 0 Å². The molecular formula is C10H14FNO2. The van der Waals surface area contributed by atoms with E-state index in [9.17, 15) is 4.39 Å². The largest absolute Gasteiger partial charge is 0.380 e. The zero-order valence-electron chi connectivity index (χ0n) is 8.13. The van der Waals surface area contributed by atoms with Gasteiger partial charge in [0.05, 0.1) is 13.2 Å². The summed E-state index contributed by atoms with van der Waals surface area (Å²) in [4.78, 5) is 4.39. The Morgan fingerprint density at radius 1 is 1.43 bits per heavy atom. The first kappa shape index (κ1) is 11.1. The van der Waals surface area contributed by atoms with Crippen molar-refractivity contribution in [3.63, 3.8) is 0 Å². The minimum atomic E-state index is -0.239. The highest BCUT2D eigenvalue weighted by atomic mass is 19.1. The van der Waals surface area contributed by atoms with Gasteiger partial charge in [0.2, 0.25) is 0 Å². The molecule has 0 spiro atoms. The molecule has 0 fully saturated rings. The summed E-state index contributed by atoms with van der Waals surface area (Å²) in [6.45, 7) is 0.741. The highest BCUT2D eigenvalue weighted by Crippen LogP contribution is 2.11. The van der Waals surface area contributed by atoms with Crippen LogP contribution in [0.25, 0.3) is 0 Å². The molecule has 4 heteroatoms. The Hall–Kier alpha value is -0.970. The third-order valence-corrected chi connectivity index (χ3v) is 1.92. The average molecular weight is 199 g/mol. The third-order valence-electron chi connectivity index (χ3n) is 1.92. The first-order chi connectivity index (χ1) is 6.77. The van der Waals surface area contributed by atoms with Crippen LogP contribution < -0.4 is 5.90 Å². The van der Waals surface area contributed by atoms with Crippen LogP contribution in [-0.2, 0) is 22.6 Å². The Morgan fingerprint density at radius 3 is 2.79 bits per heavy atom. The molecule has 1 rings (SSSR count). The van der Waals surface area contributed by atoms with Crippen molar-refractivity contribution in [1.29, 1.82) is 0 Å². The number of ether oxygens (including phenoxy) is 1. The zero-order chi connectivity index (χ0) is 10.4. The molecular weight excluding hydrogens is 185 g/mol. The van der Waals surface area contributed by atoms with Crippen LogP contribution in [0.5, 0.6) is 0 Å². The monoisotopic (exact) mass is 199 g/mol. The van der Waals surface area contributed by atoms with Crippen molar-refractivity contribution >= 4 is 0 Å². The Kier molecular flexibility index (Phi) is 4.52. The quantitative estimate of drug-likeness (QED) is 0.729. The SMILES string of the molecule is COCc1ccc(CCON)c(F)c1. The predicted octanol–water partition coefficient (Wildman–Crippen LogP) is 1.40. The van der Waals surface area contributed by atoms with E-state index in [1.807, 2.05) is 6.07 Å². The molecule has 0 aliphatic rings. The summed E-state index contributed by atoms with van der Waals surface area (Å²) in [5, 5.41) is 0. The van der Waals surface area contributed by atoms with Gasteiger partial charge in [-0.15, -0.1) is 0 Å². The van der Waals surface area contributed by atoms with Gasteiger partial charge < -0.3 is 9.57 Å². The van der Waals surface area contributed by atoms with E-state index in [2.05, 4.69) is 4.84 Å². The van der Waals surface area contributed by atoms with E-state index < -0.39 is 0 Å². The third kappa shape index (κ3) is 3.06. The van der Waals surface area contributed by atoms with Gasteiger partial charge in [-0.1, -0.05) is 12.1 Å². The number of hydrogen-bond donors (Lipinski definition) is 1. The fraction of sp³-hybridized carbons (Fsp3) is 0.400. The van der Waals surface area contributed by atoms with Gasteiger partial charge in [0.15, 0.2) is 0 Å². The second-order valence-electron chi connectivity index (χ2n) is 2.98. The summed E-state index contributed by atoms with van der Waals surface area (Å²) in [5.41, 5.74) is 1.43. The fourth-order valence-corrected chi connectivity index (χ4v) is 1.22. The Labute approximate surface area is 82.6 Å². The van der Waals surface area contributed by atoms with Crippen molar-refractivity contribution in [2.75, 3.05) is 13.7 Å². The number of methoxy groups -OCH3 is 1. The van der Waals surface area contributed by atoms with Crippen LogP contribution in [-0.4, -0.2) is 13.7 Å². The molecule has 0 heterocycles. The topological polar surface area (TPSA) is 44.5 Å². The van der Waals surface area contributed by atoms with Crippen LogP contribution in [0.4, 0.5) is 4.39 Å². The van der Waals surface area contributed by atoms with Gasteiger partial charge in [-0.2, -0.15) is 0 Å². The van der Waals surface area contributed by atoms with Crippen LogP contribution in [0, 0.1) is 5.82 Å². The summed E-state index contributed by atoms with van der Waals surface area (Å²) in [6, 6.07) is 5.02. The zero-order valence-corrected chi connectivity index (χ0v) is 8.13. The van der Waals surface area contributed by atoms with Gasteiger partial charge in [-0.05, 0) is 17.2 Å². The van der Waals surface area contributed by atoms with Gasteiger partial charge in [0, 0.05) is 13.5 Å². The predicted molar refractivity (Wildman–Crippen MR) is 51.0 cm³/mol. The Balaban J connectivity index is 2.68. The minimum Gasteiger partial charge on any atom is -0.380 e. The molecule has 0 amide bonds. The van der Waals surface area contributed by atoms with Crippen LogP contribution in [0.3, 0.4) is 0 Å². The highest BCUT2D eigenvalue weighted by molar-refractivity contribution is 5.24. The van der Waals surface area contributed by atoms with Crippen molar-refractivity contribution in [3.05, 3.63) is 35.1 Å². The normalized spacial score (nSPS) is 10.5. The van der Waals surface area contributed by atoms with Crippen molar-refractivity contribution < 1.29 is 14.0 Å². The molecule has 0 atom stereocenters. The molecule has 0 aromatic heterocycles. The van der Waals surface area contributed by atoms with Gasteiger partial charge in [-0.3, -0.25) is 0 Å². The number of rotatable bonds is 5. The highest BCUT2D eigenvalue weighted by Gasteiger charge is 2.03. The number of halogens is 1. The molecule has 78 valence electrons. The first-order valence-corrected chi connectivity index (χ1v) is 4.36. The summed E-state index contributed by atoms with van der Waals surface area (Å²) in [6.07, 6.45) is 0.482. The summed E-state index contributed by atoms with van der Waals surface area (Å²) < 4.78 is 18.2. The smallest absolute Gasteiger partial charge is 0.126 e. The summed E-state index contributed by atoms with van der Waals surface area (Å²) >= 11 is 0.